The van der Waals surface area contributed by atoms with Crippen molar-refractivity contribution in [1.82, 2.24) is 16.4 Å². The van der Waals surface area contributed by atoms with Gasteiger partial charge in [-0.25, -0.2) is 19.3 Å². The van der Waals surface area contributed by atoms with E-state index < -0.39 is 10.0 Å². The highest BCUT2D eigenvalue weighted by atomic mass is 32.2. The minimum Gasteiger partial charge on any atom is -0.326 e. The van der Waals surface area contributed by atoms with E-state index in [4.69, 9.17) is 0 Å². The van der Waals surface area contributed by atoms with Crippen LogP contribution >= 0.6 is 0 Å². The Bertz CT molecular complexity index is 676. The summed E-state index contributed by atoms with van der Waals surface area (Å²) >= 11 is 0. The molecule has 0 spiro atoms. The zero-order valence-electron chi connectivity index (χ0n) is 12.8. The summed E-state index contributed by atoms with van der Waals surface area (Å²) in [5, 5.41) is 2.90. The maximum Gasteiger partial charge on any atom is 0.229 e. The third-order valence-electron chi connectivity index (χ3n) is 4.19. The first-order valence-electron chi connectivity index (χ1n) is 7.55. The Labute approximate surface area is 135 Å². The van der Waals surface area contributed by atoms with Gasteiger partial charge in [0.05, 0.1) is 6.26 Å². The smallest absolute Gasteiger partial charge is 0.229 e. The molecule has 9 heteroatoms. The second-order valence-electron chi connectivity index (χ2n) is 6.08. The van der Waals surface area contributed by atoms with Crippen molar-refractivity contribution >= 4 is 27.3 Å². The number of benzene rings is 1. The first-order valence-corrected chi connectivity index (χ1v) is 9.44. The topological polar surface area (TPSA) is 111 Å². The number of hydrazine groups is 2. The molecule has 1 saturated heterocycles. The molecule has 8 nitrogen and oxygen atoms in total. The van der Waals surface area contributed by atoms with Gasteiger partial charge in [-0.1, -0.05) is 0 Å². The van der Waals surface area contributed by atoms with Gasteiger partial charge in [0.25, 0.3) is 0 Å². The highest BCUT2D eigenvalue weighted by Crippen LogP contribution is 2.27. The van der Waals surface area contributed by atoms with Crippen LogP contribution in [0.2, 0.25) is 0 Å². The summed E-state index contributed by atoms with van der Waals surface area (Å²) in [6.45, 7) is 0. The number of nitrogens with one attached hydrogen (secondary N) is 5. The number of anilines is 2. The molecule has 1 heterocycles. The van der Waals surface area contributed by atoms with Gasteiger partial charge in [-0.05, 0) is 43.5 Å². The number of sulfonamides is 1. The SMILES string of the molecule is CS(=O)(=O)Nc1ccc(NC(=O)C2CCC3NNNC3C2)cc1. The van der Waals surface area contributed by atoms with Crippen LogP contribution in [-0.2, 0) is 14.8 Å². The van der Waals surface area contributed by atoms with Crippen LogP contribution in [0.15, 0.2) is 24.3 Å². The highest BCUT2D eigenvalue weighted by Gasteiger charge is 2.36. The van der Waals surface area contributed by atoms with Gasteiger partial charge in [0.1, 0.15) is 0 Å². The molecule has 0 radical (unpaired) electrons. The summed E-state index contributed by atoms with van der Waals surface area (Å²) in [5.41, 5.74) is 10.3. The molecule has 1 amide bonds. The van der Waals surface area contributed by atoms with E-state index in [1.54, 1.807) is 24.3 Å². The summed E-state index contributed by atoms with van der Waals surface area (Å²) in [6.07, 6.45) is 3.67. The first-order chi connectivity index (χ1) is 10.9. The van der Waals surface area contributed by atoms with E-state index in [0.717, 1.165) is 25.5 Å². The number of rotatable bonds is 4. The summed E-state index contributed by atoms with van der Waals surface area (Å²) in [6, 6.07) is 7.27. The van der Waals surface area contributed by atoms with Crippen LogP contribution in [0.4, 0.5) is 11.4 Å². The molecular weight excluding hydrogens is 318 g/mol. The van der Waals surface area contributed by atoms with Gasteiger partial charge in [0.15, 0.2) is 0 Å². The molecule has 0 aromatic heterocycles. The van der Waals surface area contributed by atoms with Gasteiger partial charge in [-0.3, -0.25) is 9.52 Å². The van der Waals surface area contributed by atoms with Crippen LogP contribution in [-0.4, -0.2) is 32.7 Å². The van der Waals surface area contributed by atoms with Crippen LogP contribution in [0.3, 0.4) is 0 Å². The quantitative estimate of drug-likeness (QED) is 0.534. The van der Waals surface area contributed by atoms with E-state index in [1.807, 2.05) is 0 Å². The molecule has 1 aromatic carbocycles. The second kappa shape index (κ2) is 6.44. The van der Waals surface area contributed by atoms with Crippen LogP contribution in [0.5, 0.6) is 0 Å². The molecule has 23 heavy (non-hydrogen) atoms. The third kappa shape index (κ3) is 4.20. The van der Waals surface area contributed by atoms with Crippen molar-refractivity contribution in [3.8, 4) is 0 Å². The number of carbonyl (C=O) groups is 1. The Hall–Kier alpha value is -1.68. The average Bonchev–Trinajstić information content (AvgIpc) is 2.95. The largest absolute Gasteiger partial charge is 0.326 e. The van der Waals surface area contributed by atoms with Gasteiger partial charge >= 0.3 is 0 Å². The van der Waals surface area contributed by atoms with Crippen LogP contribution in [0, 0.1) is 5.92 Å². The molecule has 1 aromatic rings. The predicted octanol–water partition coefficient (Wildman–Crippen LogP) is 0.146. The number of amides is 1. The van der Waals surface area contributed by atoms with Crippen molar-refractivity contribution in [3.63, 3.8) is 0 Å². The Morgan fingerprint density at radius 3 is 2.43 bits per heavy atom. The zero-order valence-corrected chi connectivity index (χ0v) is 13.6. The van der Waals surface area contributed by atoms with Crippen molar-refractivity contribution in [2.45, 2.75) is 31.3 Å². The lowest BCUT2D eigenvalue weighted by Crippen LogP contribution is -2.42. The summed E-state index contributed by atoms with van der Waals surface area (Å²) in [5.74, 6) is -0.0276. The monoisotopic (exact) mass is 339 g/mol. The van der Waals surface area contributed by atoms with Gasteiger partial charge < -0.3 is 5.32 Å². The fraction of sp³-hybridized carbons (Fsp3) is 0.500. The Morgan fingerprint density at radius 2 is 1.74 bits per heavy atom. The number of hydrogen-bond donors (Lipinski definition) is 5. The fourth-order valence-corrected chi connectivity index (χ4v) is 3.61. The third-order valence-corrected chi connectivity index (χ3v) is 4.80. The normalized spacial score (nSPS) is 27.3. The first kappa shape index (κ1) is 16.2. The molecule has 1 aliphatic carbocycles. The minimum absolute atomic E-state index is 0.000900. The minimum atomic E-state index is -3.29. The lowest BCUT2D eigenvalue weighted by atomic mass is 9.82. The standard InChI is InChI=1S/C14H21N5O3S/c1-23(21,22)18-11-5-3-10(4-6-11)15-14(20)9-2-7-12-13(8-9)17-19-16-12/h3-6,9,12-13,16-19H,2,7-8H2,1H3,(H,15,20). The van der Waals surface area contributed by atoms with E-state index in [2.05, 4.69) is 26.4 Å². The lowest BCUT2D eigenvalue weighted by molar-refractivity contribution is -0.121. The molecule has 2 aliphatic rings. The summed E-state index contributed by atoms with van der Waals surface area (Å²) in [4.78, 5) is 12.4. The molecular formula is C14H21N5O3S. The van der Waals surface area contributed by atoms with Crippen LogP contribution in [0.1, 0.15) is 19.3 Å². The summed E-state index contributed by atoms with van der Waals surface area (Å²) in [7, 11) is -3.29. The van der Waals surface area contributed by atoms with E-state index >= 15 is 0 Å². The molecule has 3 rings (SSSR count). The molecule has 2 fully saturated rings. The van der Waals surface area contributed by atoms with Crippen molar-refractivity contribution in [2.24, 2.45) is 5.92 Å². The average molecular weight is 339 g/mol. The molecule has 0 bridgehead atoms. The van der Waals surface area contributed by atoms with E-state index in [0.29, 0.717) is 17.4 Å². The molecule has 5 N–H and O–H groups in total. The van der Waals surface area contributed by atoms with E-state index in [9.17, 15) is 13.2 Å². The Balaban J connectivity index is 1.57. The van der Waals surface area contributed by atoms with Crippen molar-refractivity contribution in [2.75, 3.05) is 16.3 Å². The maximum absolute atomic E-state index is 12.4. The number of fused-ring (bicyclic) bond motifs is 1. The second-order valence-corrected chi connectivity index (χ2v) is 7.83. The zero-order chi connectivity index (χ0) is 16.4. The lowest BCUT2D eigenvalue weighted by Gasteiger charge is -2.29. The number of carbonyl (C=O) groups excluding carboxylic acids is 1. The van der Waals surface area contributed by atoms with Gasteiger partial charge in [-0.2, -0.15) is 5.53 Å². The molecule has 3 atom stereocenters. The molecule has 3 unspecified atom stereocenters. The van der Waals surface area contributed by atoms with Crippen molar-refractivity contribution in [1.29, 1.82) is 0 Å². The maximum atomic E-state index is 12.4. The summed E-state index contributed by atoms with van der Waals surface area (Å²) < 4.78 is 24.7. The van der Waals surface area contributed by atoms with Crippen molar-refractivity contribution in [3.05, 3.63) is 24.3 Å². The molecule has 1 aliphatic heterocycles. The van der Waals surface area contributed by atoms with E-state index in [1.165, 1.54) is 0 Å². The van der Waals surface area contributed by atoms with Gasteiger partial charge in [0.2, 0.25) is 15.9 Å². The van der Waals surface area contributed by atoms with Crippen molar-refractivity contribution < 1.29 is 13.2 Å². The number of hydrogen-bond acceptors (Lipinski definition) is 6. The Kier molecular flexibility index (Phi) is 4.53. The Morgan fingerprint density at radius 1 is 1.09 bits per heavy atom. The fourth-order valence-electron chi connectivity index (χ4n) is 3.05. The van der Waals surface area contributed by atoms with Crippen LogP contribution in [0.25, 0.3) is 0 Å². The van der Waals surface area contributed by atoms with Gasteiger partial charge in [-0.15, -0.1) is 0 Å². The predicted molar refractivity (Wildman–Crippen MR) is 87.9 cm³/mol. The molecule has 1 saturated carbocycles. The molecule has 126 valence electrons. The highest BCUT2D eigenvalue weighted by molar-refractivity contribution is 7.92. The van der Waals surface area contributed by atoms with Gasteiger partial charge in [0, 0.05) is 29.4 Å². The van der Waals surface area contributed by atoms with Crippen LogP contribution < -0.4 is 26.4 Å². The van der Waals surface area contributed by atoms with E-state index in [-0.39, 0.29) is 17.9 Å².